The van der Waals surface area contributed by atoms with E-state index in [-0.39, 0.29) is 16.9 Å². The molecule has 0 aliphatic rings. The molecule has 6 nitrogen and oxygen atoms in total. The van der Waals surface area contributed by atoms with Gasteiger partial charge in [0.15, 0.2) is 5.69 Å². The topological polar surface area (TPSA) is 80.0 Å². The zero-order valence-electron chi connectivity index (χ0n) is 11.7. The van der Waals surface area contributed by atoms with Crippen LogP contribution in [0.2, 0.25) is 0 Å². The molecule has 0 fully saturated rings. The van der Waals surface area contributed by atoms with E-state index in [0.717, 1.165) is 0 Å². The fourth-order valence-corrected chi connectivity index (χ4v) is 1.89. The van der Waals surface area contributed by atoms with Gasteiger partial charge >= 0.3 is 12.1 Å². The van der Waals surface area contributed by atoms with Gasteiger partial charge in [0, 0.05) is 0 Å². The van der Waals surface area contributed by atoms with E-state index >= 15 is 0 Å². The molecule has 22 heavy (non-hydrogen) atoms. The Morgan fingerprint density at radius 3 is 2.50 bits per heavy atom. The van der Waals surface area contributed by atoms with Crippen molar-refractivity contribution in [2.45, 2.75) is 6.92 Å². The standard InChI is InChI=1S/C16H12N2O4/c1-10-8-11(17-2)9-13(15(19)20)14(10)18-16(21)22-12-6-4-3-5-7-12/h3-9H,1H3,(H,18,21)(H,19,20). The number of benzene rings is 2. The largest absolute Gasteiger partial charge is 0.478 e. The van der Waals surface area contributed by atoms with Crippen LogP contribution in [0.25, 0.3) is 4.85 Å². The van der Waals surface area contributed by atoms with Gasteiger partial charge in [-0.1, -0.05) is 24.3 Å². The Morgan fingerprint density at radius 1 is 1.23 bits per heavy atom. The molecule has 2 aromatic rings. The molecule has 0 aliphatic heterocycles. The smallest absolute Gasteiger partial charge is 0.417 e. The molecule has 2 aromatic carbocycles. The maximum atomic E-state index is 11.9. The number of para-hydroxylation sites is 1. The summed E-state index contributed by atoms with van der Waals surface area (Å²) in [6.45, 7) is 8.57. The summed E-state index contributed by atoms with van der Waals surface area (Å²) < 4.78 is 5.06. The second kappa shape index (κ2) is 6.41. The van der Waals surface area contributed by atoms with Gasteiger partial charge in [-0.05, 0) is 30.7 Å². The van der Waals surface area contributed by atoms with Gasteiger partial charge < -0.3 is 9.84 Å². The van der Waals surface area contributed by atoms with Gasteiger partial charge in [0.25, 0.3) is 0 Å². The van der Waals surface area contributed by atoms with Crippen molar-refractivity contribution in [1.29, 1.82) is 0 Å². The number of amides is 1. The molecule has 0 bridgehead atoms. The molecule has 0 aromatic heterocycles. The Hall–Kier alpha value is -3.33. The van der Waals surface area contributed by atoms with E-state index in [1.807, 2.05) is 0 Å². The monoisotopic (exact) mass is 296 g/mol. The molecule has 0 radical (unpaired) electrons. The van der Waals surface area contributed by atoms with Crippen molar-refractivity contribution in [2.75, 3.05) is 5.32 Å². The highest BCUT2D eigenvalue weighted by atomic mass is 16.6. The molecule has 0 heterocycles. The van der Waals surface area contributed by atoms with Crippen molar-refractivity contribution in [3.8, 4) is 5.75 Å². The van der Waals surface area contributed by atoms with E-state index in [1.165, 1.54) is 12.1 Å². The lowest BCUT2D eigenvalue weighted by atomic mass is 10.1. The maximum Gasteiger partial charge on any atom is 0.417 e. The van der Waals surface area contributed by atoms with Gasteiger partial charge in [-0.15, -0.1) is 0 Å². The minimum atomic E-state index is -1.23. The summed E-state index contributed by atoms with van der Waals surface area (Å²) in [4.78, 5) is 26.4. The van der Waals surface area contributed by atoms with E-state index in [2.05, 4.69) is 10.2 Å². The third kappa shape index (κ3) is 3.41. The molecule has 0 saturated heterocycles. The number of hydrogen-bond donors (Lipinski definition) is 2. The highest BCUT2D eigenvalue weighted by Gasteiger charge is 2.17. The number of aromatic carboxylic acids is 1. The summed E-state index contributed by atoms with van der Waals surface area (Å²) in [6, 6.07) is 11.1. The Balaban J connectivity index is 2.27. The van der Waals surface area contributed by atoms with Crippen LogP contribution >= 0.6 is 0 Å². The van der Waals surface area contributed by atoms with Crippen LogP contribution < -0.4 is 10.1 Å². The minimum Gasteiger partial charge on any atom is -0.478 e. The second-order valence-corrected chi connectivity index (χ2v) is 4.43. The highest BCUT2D eigenvalue weighted by molar-refractivity contribution is 6.01. The summed E-state index contributed by atoms with van der Waals surface area (Å²) in [6.07, 6.45) is -0.799. The van der Waals surface area contributed by atoms with Gasteiger partial charge in [-0.3, -0.25) is 5.32 Å². The third-order valence-corrected chi connectivity index (χ3v) is 2.86. The van der Waals surface area contributed by atoms with Crippen LogP contribution in [0.5, 0.6) is 5.75 Å². The van der Waals surface area contributed by atoms with Gasteiger partial charge in [0.05, 0.1) is 17.8 Å². The molecule has 0 spiro atoms. The first-order valence-corrected chi connectivity index (χ1v) is 6.30. The quantitative estimate of drug-likeness (QED) is 0.843. The van der Waals surface area contributed by atoms with Crippen LogP contribution in [-0.4, -0.2) is 17.2 Å². The van der Waals surface area contributed by atoms with Crippen LogP contribution in [-0.2, 0) is 0 Å². The molecule has 2 rings (SSSR count). The first-order chi connectivity index (χ1) is 10.5. The molecule has 0 atom stereocenters. The van der Waals surface area contributed by atoms with Crippen LogP contribution in [0.4, 0.5) is 16.2 Å². The van der Waals surface area contributed by atoms with Crippen LogP contribution in [0.1, 0.15) is 15.9 Å². The van der Waals surface area contributed by atoms with Crippen LogP contribution in [0.3, 0.4) is 0 Å². The Morgan fingerprint density at radius 2 is 1.91 bits per heavy atom. The average Bonchev–Trinajstić information content (AvgIpc) is 2.49. The molecular formula is C16H12N2O4. The SMILES string of the molecule is [C-]#[N+]c1cc(C)c(NC(=O)Oc2ccccc2)c(C(=O)O)c1. The van der Waals surface area contributed by atoms with Gasteiger partial charge in [0.2, 0.25) is 0 Å². The van der Waals surface area contributed by atoms with Crippen molar-refractivity contribution in [3.05, 3.63) is 65.0 Å². The number of hydrogen-bond acceptors (Lipinski definition) is 3. The molecule has 1 amide bonds. The predicted molar refractivity (Wildman–Crippen MR) is 80.5 cm³/mol. The fourth-order valence-electron chi connectivity index (χ4n) is 1.89. The van der Waals surface area contributed by atoms with E-state index in [0.29, 0.717) is 11.3 Å². The normalized spacial score (nSPS) is 9.64. The lowest BCUT2D eigenvalue weighted by Gasteiger charge is -2.12. The molecule has 110 valence electrons. The lowest BCUT2D eigenvalue weighted by Crippen LogP contribution is -2.19. The number of carbonyl (C=O) groups is 2. The average molecular weight is 296 g/mol. The van der Waals surface area contributed by atoms with E-state index in [4.69, 9.17) is 11.3 Å². The van der Waals surface area contributed by atoms with E-state index < -0.39 is 12.1 Å². The number of aryl methyl sites for hydroxylation is 1. The number of nitrogens with one attached hydrogen (secondary N) is 1. The zero-order chi connectivity index (χ0) is 16.1. The number of nitrogens with zero attached hydrogens (tertiary/aromatic N) is 1. The minimum absolute atomic E-state index is 0.112. The van der Waals surface area contributed by atoms with Gasteiger partial charge in [-0.25, -0.2) is 14.4 Å². The number of carbonyl (C=O) groups excluding carboxylic acids is 1. The second-order valence-electron chi connectivity index (χ2n) is 4.43. The first-order valence-electron chi connectivity index (χ1n) is 6.30. The van der Waals surface area contributed by atoms with Gasteiger partial charge in [-0.2, -0.15) is 0 Å². The first kappa shape index (κ1) is 15.1. The third-order valence-electron chi connectivity index (χ3n) is 2.86. The number of anilines is 1. The van der Waals surface area contributed by atoms with Crippen molar-refractivity contribution in [3.63, 3.8) is 0 Å². The number of rotatable bonds is 3. The van der Waals surface area contributed by atoms with Crippen molar-refractivity contribution in [1.82, 2.24) is 0 Å². The van der Waals surface area contributed by atoms with Crippen molar-refractivity contribution < 1.29 is 19.4 Å². The molecule has 0 saturated carbocycles. The molecule has 0 unspecified atom stereocenters. The number of carboxylic acid groups (broad SMARTS) is 1. The van der Waals surface area contributed by atoms with Gasteiger partial charge in [0.1, 0.15) is 5.75 Å². The lowest BCUT2D eigenvalue weighted by molar-refractivity contribution is 0.0698. The number of ether oxygens (including phenoxy) is 1. The van der Waals surface area contributed by atoms with Crippen molar-refractivity contribution >= 4 is 23.4 Å². The Bertz CT molecular complexity index is 764. The predicted octanol–water partition coefficient (Wildman–Crippen LogP) is 3.85. The molecule has 6 heteroatoms. The highest BCUT2D eigenvalue weighted by Crippen LogP contribution is 2.27. The summed E-state index contributed by atoms with van der Waals surface area (Å²) in [5, 5.41) is 11.6. The summed E-state index contributed by atoms with van der Waals surface area (Å²) in [5.41, 5.74) is 0.615. The maximum absolute atomic E-state index is 11.9. The molecule has 0 aliphatic carbocycles. The summed E-state index contributed by atoms with van der Waals surface area (Å²) in [5.74, 6) is -0.893. The number of carboxylic acids is 1. The molecule has 2 N–H and O–H groups in total. The van der Waals surface area contributed by atoms with E-state index in [1.54, 1.807) is 37.3 Å². The summed E-state index contributed by atoms with van der Waals surface area (Å²) in [7, 11) is 0. The Labute approximate surface area is 126 Å². The zero-order valence-corrected chi connectivity index (χ0v) is 11.7. The molecular weight excluding hydrogens is 284 g/mol. The van der Waals surface area contributed by atoms with Crippen LogP contribution in [0.15, 0.2) is 42.5 Å². The fraction of sp³-hybridized carbons (Fsp3) is 0.0625. The summed E-state index contributed by atoms with van der Waals surface area (Å²) >= 11 is 0. The van der Waals surface area contributed by atoms with E-state index in [9.17, 15) is 14.7 Å². The Kier molecular flexibility index (Phi) is 4.39. The van der Waals surface area contributed by atoms with Crippen molar-refractivity contribution in [2.24, 2.45) is 0 Å². The van der Waals surface area contributed by atoms with Crippen LogP contribution in [0, 0.1) is 13.5 Å².